The summed E-state index contributed by atoms with van der Waals surface area (Å²) in [6, 6.07) is 5.52. The van der Waals surface area contributed by atoms with Gasteiger partial charge in [0, 0.05) is 25.1 Å². The molecule has 1 aliphatic rings. The first-order chi connectivity index (χ1) is 12.2. The van der Waals surface area contributed by atoms with Crippen LogP contribution >= 0.6 is 11.3 Å². The van der Waals surface area contributed by atoms with Crippen LogP contribution in [0.1, 0.15) is 43.0 Å². The summed E-state index contributed by atoms with van der Waals surface area (Å²) >= 11 is 1.43. The molecular weight excluding hydrogens is 338 g/mol. The molecule has 3 rings (SSSR count). The molecule has 25 heavy (non-hydrogen) atoms. The lowest BCUT2D eigenvalue weighted by Gasteiger charge is -2.26. The average Bonchev–Trinajstić information content (AvgIpc) is 3.03. The predicted octanol–water partition coefficient (Wildman–Crippen LogP) is 3.29. The number of nitrogens with zero attached hydrogens (tertiary/aromatic N) is 2. The normalized spacial score (nSPS) is 14.7. The van der Waals surface area contributed by atoms with Crippen molar-refractivity contribution in [1.29, 1.82) is 0 Å². The number of ether oxygens (including phenoxy) is 1. The Kier molecular flexibility index (Phi) is 5.99. The van der Waals surface area contributed by atoms with Gasteiger partial charge in [-0.25, -0.2) is 4.98 Å². The lowest BCUT2D eigenvalue weighted by atomic mass is 10.2. The monoisotopic (exact) mass is 361 g/mol. The fourth-order valence-corrected chi connectivity index (χ4v) is 3.64. The number of aromatic nitrogens is 1. The van der Waals surface area contributed by atoms with Crippen LogP contribution in [0.15, 0.2) is 18.2 Å². The van der Waals surface area contributed by atoms with Gasteiger partial charge < -0.3 is 15.0 Å². The number of hydrogen-bond donors (Lipinski definition) is 1. The minimum Gasteiger partial charge on any atom is -0.378 e. The highest BCUT2D eigenvalue weighted by atomic mass is 32.1. The highest BCUT2D eigenvalue weighted by Crippen LogP contribution is 2.27. The molecule has 0 aliphatic carbocycles. The number of carbonyl (C=O) groups is 2. The first-order valence-electron chi connectivity index (χ1n) is 8.75. The summed E-state index contributed by atoms with van der Waals surface area (Å²) in [5.41, 5.74) is 1.37. The molecule has 1 aliphatic heterocycles. The zero-order chi connectivity index (χ0) is 17.6. The second-order valence-corrected chi connectivity index (χ2v) is 7.14. The van der Waals surface area contributed by atoms with Gasteiger partial charge in [0.15, 0.2) is 5.13 Å². The van der Waals surface area contributed by atoms with Crippen LogP contribution in [0.3, 0.4) is 0 Å². The van der Waals surface area contributed by atoms with Gasteiger partial charge in [-0.3, -0.25) is 9.59 Å². The molecule has 0 radical (unpaired) electrons. The molecule has 0 spiro atoms. The van der Waals surface area contributed by atoms with Crippen molar-refractivity contribution in [1.82, 2.24) is 9.88 Å². The summed E-state index contributed by atoms with van der Waals surface area (Å²) in [6.07, 6.45) is 3.56. The minimum absolute atomic E-state index is 0.00266. The van der Waals surface area contributed by atoms with Crippen molar-refractivity contribution in [2.45, 2.75) is 32.6 Å². The van der Waals surface area contributed by atoms with E-state index < -0.39 is 0 Å². The smallest absolute Gasteiger partial charge is 0.254 e. The van der Waals surface area contributed by atoms with Crippen LogP contribution in [-0.4, -0.2) is 48.0 Å². The number of anilines is 1. The minimum atomic E-state index is -0.00266. The molecule has 1 aromatic heterocycles. The van der Waals surface area contributed by atoms with Crippen molar-refractivity contribution in [3.8, 4) is 0 Å². The number of amides is 2. The third-order valence-corrected chi connectivity index (χ3v) is 5.14. The molecule has 1 fully saturated rings. The molecule has 7 heteroatoms. The predicted molar refractivity (Wildman–Crippen MR) is 99.1 cm³/mol. The molecule has 2 heterocycles. The molecule has 0 bridgehead atoms. The maximum Gasteiger partial charge on any atom is 0.254 e. The highest BCUT2D eigenvalue weighted by molar-refractivity contribution is 7.22. The summed E-state index contributed by atoms with van der Waals surface area (Å²) in [5.74, 6) is 0.000439. The summed E-state index contributed by atoms with van der Waals surface area (Å²) in [7, 11) is 0. The lowest BCUT2D eigenvalue weighted by Crippen LogP contribution is -2.40. The van der Waals surface area contributed by atoms with E-state index in [2.05, 4.69) is 17.2 Å². The van der Waals surface area contributed by atoms with Gasteiger partial charge in [-0.15, -0.1) is 0 Å². The quantitative estimate of drug-likeness (QED) is 0.802. The zero-order valence-electron chi connectivity index (χ0n) is 14.4. The van der Waals surface area contributed by atoms with Crippen molar-refractivity contribution < 1.29 is 14.3 Å². The summed E-state index contributed by atoms with van der Waals surface area (Å²) in [6.45, 7) is 4.51. The topological polar surface area (TPSA) is 71.5 Å². The van der Waals surface area contributed by atoms with Crippen LogP contribution in [0.2, 0.25) is 0 Å². The molecule has 2 aromatic rings. The van der Waals surface area contributed by atoms with Crippen molar-refractivity contribution in [2.75, 3.05) is 31.6 Å². The Morgan fingerprint density at radius 3 is 2.84 bits per heavy atom. The molecule has 134 valence electrons. The fraction of sp³-hybridized carbons (Fsp3) is 0.500. The number of nitrogens with one attached hydrogen (secondary N) is 1. The maximum atomic E-state index is 12.6. The van der Waals surface area contributed by atoms with Crippen molar-refractivity contribution in [3.63, 3.8) is 0 Å². The SMILES string of the molecule is CCCCCC(=O)Nc1nc2cc(C(=O)N3CCOCC3)ccc2s1. The Morgan fingerprint density at radius 1 is 1.28 bits per heavy atom. The first-order valence-corrected chi connectivity index (χ1v) is 9.56. The number of rotatable bonds is 6. The average molecular weight is 361 g/mol. The molecule has 2 amide bonds. The van der Waals surface area contributed by atoms with Crippen molar-refractivity contribution in [2.24, 2.45) is 0 Å². The molecule has 0 saturated carbocycles. The second kappa shape index (κ2) is 8.40. The number of morpholine rings is 1. The van der Waals surface area contributed by atoms with Gasteiger partial charge in [0.1, 0.15) is 0 Å². The second-order valence-electron chi connectivity index (χ2n) is 6.11. The van der Waals surface area contributed by atoms with Crippen LogP contribution in [-0.2, 0) is 9.53 Å². The number of fused-ring (bicyclic) bond motifs is 1. The summed E-state index contributed by atoms with van der Waals surface area (Å²) in [4.78, 5) is 30.7. The third-order valence-electron chi connectivity index (χ3n) is 4.19. The van der Waals surface area contributed by atoms with Gasteiger partial charge in [0.25, 0.3) is 5.91 Å². The van der Waals surface area contributed by atoms with E-state index in [-0.39, 0.29) is 11.8 Å². The van der Waals surface area contributed by atoms with Crippen LogP contribution in [0, 0.1) is 0 Å². The standard InChI is InChI=1S/C18H23N3O3S/c1-2-3-4-5-16(22)20-18-19-14-12-13(6-7-15(14)25-18)17(23)21-8-10-24-11-9-21/h6-7,12H,2-5,8-11H2,1H3,(H,19,20,22). The van der Waals surface area contributed by atoms with Crippen LogP contribution in [0.25, 0.3) is 10.2 Å². The van der Waals surface area contributed by atoms with E-state index in [0.717, 1.165) is 29.5 Å². The van der Waals surface area contributed by atoms with Gasteiger partial charge in [0.2, 0.25) is 5.91 Å². The Bertz CT molecular complexity index is 753. The Labute approximate surface area is 151 Å². The Hall–Kier alpha value is -1.99. The van der Waals surface area contributed by atoms with Crippen molar-refractivity contribution in [3.05, 3.63) is 23.8 Å². The third kappa shape index (κ3) is 4.55. The number of benzene rings is 1. The highest BCUT2D eigenvalue weighted by Gasteiger charge is 2.19. The summed E-state index contributed by atoms with van der Waals surface area (Å²) < 4.78 is 6.25. The van der Waals surface area contributed by atoms with E-state index in [1.165, 1.54) is 11.3 Å². The molecular formula is C18H23N3O3S. The Balaban J connectivity index is 1.68. The number of carbonyl (C=O) groups excluding carboxylic acids is 2. The molecule has 0 atom stereocenters. The fourth-order valence-electron chi connectivity index (χ4n) is 2.78. The van der Waals surface area contributed by atoms with E-state index in [9.17, 15) is 9.59 Å². The van der Waals surface area contributed by atoms with Crippen LogP contribution in [0.5, 0.6) is 0 Å². The molecule has 0 unspecified atom stereocenters. The number of hydrogen-bond acceptors (Lipinski definition) is 5. The van der Waals surface area contributed by atoms with Crippen LogP contribution in [0.4, 0.5) is 5.13 Å². The Morgan fingerprint density at radius 2 is 2.08 bits per heavy atom. The molecule has 6 nitrogen and oxygen atoms in total. The summed E-state index contributed by atoms with van der Waals surface area (Å²) in [5, 5.41) is 3.45. The van der Waals surface area contributed by atoms with E-state index in [4.69, 9.17) is 4.74 Å². The van der Waals surface area contributed by atoms with Crippen molar-refractivity contribution >= 4 is 38.5 Å². The zero-order valence-corrected chi connectivity index (χ0v) is 15.2. The van der Waals surface area contributed by atoms with E-state index in [0.29, 0.717) is 43.4 Å². The van der Waals surface area contributed by atoms with Gasteiger partial charge in [-0.1, -0.05) is 31.1 Å². The molecule has 1 aromatic carbocycles. The van der Waals surface area contributed by atoms with E-state index >= 15 is 0 Å². The lowest BCUT2D eigenvalue weighted by molar-refractivity contribution is -0.116. The van der Waals surface area contributed by atoms with Gasteiger partial charge >= 0.3 is 0 Å². The van der Waals surface area contributed by atoms with E-state index in [1.54, 1.807) is 11.0 Å². The van der Waals surface area contributed by atoms with Gasteiger partial charge in [-0.2, -0.15) is 0 Å². The number of thiazole rings is 1. The largest absolute Gasteiger partial charge is 0.378 e. The van der Waals surface area contributed by atoms with Crippen LogP contribution < -0.4 is 5.32 Å². The van der Waals surface area contributed by atoms with Gasteiger partial charge in [-0.05, 0) is 24.6 Å². The maximum absolute atomic E-state index is 12.6. The first kappa shape index (κ1) is 17.8. The van der Waals surface area contributed by atoms with E-state index in [1.807, 2.05) is 12.1 Å². The van der Waals surface area contributed by atoms with Gasteiger partial charge in [0.05, 0.1) is 23.4 Å². The molecule has 1 N–H and O–H groups in total. The molecule has 1 saturated heterocycles. The number of unbranched alkanes of at least 4 members (excludes halogenated alkanes) is 2.